The standard InChI is InChI=1S/C14H20BrFN2O/c1-8(2)4-10(7-17)14(19)18-13-6-11(15)12(16)5-9(13)3/h5-6,8,10H,4,7,17H2,1-3H3,(H,18,19). The number of hydrogen-bond acceptors (Lipinski definition) is 2. The van der Waals surface area contributed by atoms with E-state index < -0.39 is 0 Å². The monoisotopic (exact) mass is 330 g/mol. The second kappa shape index (κ2) is 7.01. The SMILES string of the molecule is Cc1cc(F)c(Br)cc1NC(=O)C(CN)CC(C)C. The van der Waals surface area contributed by atoms with E-state index in [0.29, 0.717) is 28.2 Å². The van der Waals surface area contributed by atoms with Crippen LogP contribution >= 0.6 is 15.9 Å². The predicted molar refractivity (Wildman–Crippen MR) is 79.5 cm³/mol. The first-order valence-electron chi connectivity index (χ1n) is 6.31. The van der Waals surface area contributed by atoms with Crippen LogP contribution < -0.4 is 11.1 Å². The van der Waals surface area contributed by atoms with Crippen molar-refractivity contribution in [1.29, 1.82) is 0 Å². The van der Waals surface area contributed by atoms with Crippen LogP contribution in [0.15, 0.2) is 16.6 Å². The summed E-state index contributed by atoms with van der Waals surface area (Å²) in [6.45, 7) is 6.17. The lowest BCUT2D eigenvalue weighted by Crippen LogP contribution is -2.30. The molecule has 1 amide bonds. The van der Waals surface area contributed by atoms with Gasteiger partial charge in [0.15, 0.2) is 0 Å². The number of benzene rings is 1. The maximum absolute atomic E-state index is 13.3. The third-order valence-corrected chi connectivity index (χ3v) is 3.54. The second-order valence-electron chi connectivity index (χ2n) is 5.13. The van der Waals surface area contributed by atoms with Crippen LogP contribution in [0.1, 0.15) is 25.8 Å². The summed E-state index contributed by atoms with van der Waals surface area (Å²) in [4.78, 5) is 12.1. The van der Waals surface area contributed by atoms with Gasteiger partial charge in [-0.2, -0.15) is 0 Å². The van der Waals surface area contributed by atoms with Crippen molar-refractivity contribution in [3.63, 3.8) is 0 Å². The van der Waals surface area contributed by atoms with Crippen molar-refractivity contribution >= 4 is 27.5 Å². The Labute approximate surface area is 121 Å². The summed E-state index contributed by atoms with van der Waals surface area (Å²) in [5.41, 5.74) is 6.94. The summed E-state index contributed by atoms with van der Waals surface area (Å²) < 4.78 is 13.6. The molecule has 106 valence electrons. The van der Waals surface area contributed by atoms with Gasteiger partial charge in [0, 0.05) is 12.2 Å². The van der Waals surface area contributed by atoms with Crippen LogP contribution in [0, 0.1) is 24.6 Å². The molecule has 1 rings (SSSR count). The Kier molecular flexibility index (Phi) is 5.94. The molecule has 1 atom stereocenters. The first-order chi connectivity index (χ1) is 8.85. The molecule has 0 aliphatic heterocycles. The number of carbonyl (C=O) groups is 1. The number of aryl methyl sites for hydroxylation is 1. The number of hydrogen-bond donors (Lipinski definition) is 2. The van der Waals surface area contributed by atoms with Gasteiger partial charge in [-0.15, -0.1) is 0 Å². The highest BCUT2D eigenvalue weighted by molar-refractivity contribution is 9.10. The van der Waals surface area contributed by atoms with Crippen LogP contribution in [-0.2, 0) is 4.79 Å². The number of carbonyl (C=O) groups excluding carboxylic acids is 1. The molecular weight excluding hydrogens is 311 g/mol. The van der Waals surface area contributed by atoms with Crippen molar-refractivity contribution in [1.82, 2.24) is 0 Å². The molecule has 19 heavy (non-hydrogen) atoms. The van der Waals surface area contributed by atoms with Crippen molar-refractivity contribution < 1.29 is 9.18 Å². The quantitative estimate of drug-likeness (QED) is 0.868. The van der Waals surface area contributed by atoms with Gasteiger partial charge in [0.1, 0.15) is 5.82 Å². The van der Waals surface area contributed by atoms with E-state index in [4.69, 9.17) is 5.73 Å². The molecule has 0 aromatic heterocycles. The molecule has 1 aromatic rings. The van der Waals surface area contributed by atoms with Crippen LogP contribution in [0.5, 0.6) is 0 Å². The highest BCUT2D eigenvalue weighted by Crippen LogP contribution is 2.25. The number of halogens is 2. The summed E-state index contributed by atoms with van der Waals surface area (Å²) in [6, 6.07) is 2.96. The van der Waals surface area contributed by atoms with E-state index in [2.05, 4.69) is 35.1 Å². The molecule has 0 fully saturated rings. The molecule has 0 aliphatic rings. The number of nitrogens with one attached hydrogen (secondary N) is 1. The van der Waals surface area contributed by atoms with Crippen LogP contribution in [0.3, 0.4) is 0 Å². The minimum atomic E-state index is -0.340. The molecule has 0 aliphatic carbocycles. The Morgan fingerprint density at radius 1 is 1.47 bits per heavy atom. The number of anilines is 1. The molecule has 0 radical (unpaired) electrons. The lowest BCUT2D eigenvalue weighted by atomic mass is 9.96. The summed E-state index contributed by atoms with van der Waals surface area (Å²) in [5.74, 6) is -0.269. The van der Waals surface area contributed by atoms with E-state index in [0.717, 1.165) is 6.42 Å². The van der Waals surface area contributed by atoms with Gasteiger partial charge in [0.25, 0.3) is 0 Å². The largest absolute Gasteiger partial charge is 0.330 e. The van der Waals surface area contributed by atoms with Gasteiger partial charge in [0.05, 0.1) is 10.4 Å². The smallest absolute Gasteiger partial charge is 0.228 e. The van der Waals surface area contributed by atoms with Crippen molar-refractivity contribution in [2.45, 2.75) is 27.2 Å². The molecule has 5 heteroatoms. The molecule has 0 bridgehead atoms. The van der Waals surface area contributed by atoms with E-state index in [9.17, 15) is 9.18 Å². The van der Waals surface area contributed by atoms with E-state index >= 15 is 0 Å². The van der Waals surface area contributed by atoms with Gasteiger partial charge < -0.3 is 11.1 Å². The zero-order chi connectivity index (χ0) is 14.6. The first-order valence-corrected chi connectivity index (χ1v) is 7.11. The Balaban J connectivity index is 2.84. The van der Waals surface area contributed by atoms with E-state index in [1.165, 1.54) is 6.07 Å². The normalized spacial score (nSPS) is 12.6. The van der Waals surface area contributed by atoms with Crippen molar-refractivity contribution in [3.05, 3.63) is 28.0 Å². The second-order valence-corrected chi connectivity index (χ2v) is 5.99. The Morgan fingerprint density at radius 2 is 2.11 bits per heavy atom. The third-order valence-electron chi connectivity index (χ3n) is 2.94. The molecule has 3 N–H and O–H groups in total. The highest BCUT2D eigenvalue weighted by atomic mass is 79.9. The fourth-order valence-corrected chi connectivity index (χ4v) is 2.24. The van der Waals surface area contributed by atoms with Crippen LogP contribution in [0.4, 0.5) is 10.1 Å². The highest BCUT2D eigenvalue weighted by Gasteiger charge is 2.19. The van der Waals surface area contributed by atoms with Crippen molar-refractivity contribution in [3.8, 4) is 0 Å². The molecule has 1 aromatic carbocycles. The number of nitrogens with two attached hydrogens (primary N) is 1. The van der Waals surface area contributed by atoms with Gasteiger partial charge in [0.2, 0.25) is 5.91 Å². The third kappa shape index (κ3) is 4.58. The molecule has 0 heterocycles. The number of amides is 1. The molecule has 0 saturated carbocycles. The minimum absolute atomic E-state index is 0.113. The van der Waals surface area contributed by atoms with E-state index in [1.807, 2.05) is 0 Å². The van der Waals surface area contributed by atoms with Crippen LogP contribution in [0.25, 0.3) is 0 Å². The molecule has 3 nitrogen and oxygen atoms in total. The predicted octanol–water partition coefficient (Wildman–Crippen LogP) is 3.46. The van der Waals surface area contributed by atoms with Crippen LogP contribution in [0.2, 0.25) is 0 Å². The zero-order valence-electron chi connectivity index (χ0n) is 11.5. The van der Waals surface area contributed by atoms with E-state index in [-0.39, 0.29) is 17.6 Å². The van der Waals surface area contributed by atoms with Gasteiger partial charge in [-0.1, -0.05) is 13.8 Å². The fraction of sp³-hybridized carbons (Fsp3) is 0.500. The average molecular weight is 331 g/mol. The zero-order valence-corrected chi connectivity index (χ0v) is 13.1. The van der Waals surface area contributed by atoms with Gasteiger partial charge in [-0.05, 0) is 52.9 Å². The van der Waals surface area contributed by atoms with Gasteiger partial charge in [-0.3, -0.25) is 4.79 Å². The molecule has 0 saturated heterocycles. The maximum atomic E-state index is 13.3. The lowest BCUT2D eigenvalue weighted by Gasteiger charge is -2.18. The minimum Gasteiger partial charge on any atom is -0.330 e. The molecular formula is C14H20BrFN2O. The summed E-state index contributed by atoms with van der Waals surface area (Å²) in [7, 11) is 0. The Morgan fingerprint density at radius 3 is 2.63 bits per heavy atom. The summed E-state index contributed by atoms with van der Waals surface area (Å²) in [5, 5.41) is 2.82. The summed E-state index contributed by atoms with van der Waals surface area (Å²) >= 11 is 3.11. The number of rotatable bonds is 5. The van der Waals surface area contributed by atoms with E-state index in [1.54, 1.807) is 13.0 Å². The van der Waals surface area contributed by atoms with Crippen molar-refractivity contribution in [2.24, 2.45) is 17.6 Å². The Bertz CT molecular complexity index is 463. The average Bonchev–Trinajstić information content (AvgIpc) is 2.32. The lowest BCUT2D eigenvalue weighted by molar-refractivity contribution is -0.120. The van der Waals surface area contributed by atoms with Gasteiger partial charge in [-0.25, -0.2) is 4.39 Å². The molecule has 1 unspecified atom stereocenters. The molecule has 0 spiro atoms. The topological polar surface area (TPSA) is 55.1 Å². The Hall–Kier alpha value is -0.940. The summed E-state index contributed by atoms with van der Waals surface area (Å²) in [6.07, 6.45) is 0.740. The fourth-order valence-electron chi connectivity index (χ4n) is 1.90. The maximum Gasteiger partial charge on any atom is 0.228 e. The van der Waals surface area contributed by atoms with Crippen molar-refractivity contribution in [2.75, 3.05) is 11.9 Å². The first kappa shape index (κ1) is 16.1. The van der Waals surface area contributed by atoms with Crippen LogP contribution in [-0.4, -0.2) is 12.5 Å². The van der Waals surface area contributed by atoms with Gasteiger partial charge >= 0.3 is 0 Å².